The molecule has 0 radical (unpaired) electrons. The van der Waals surface area contributed by atoms with Crippen LogP contribution in [0.4, 0.5) is 11.9 Å². The van der Waals surface area contributed by atoms with Gasteiger partial charge in [0.2, 0.25) is 5.95 Å². The van der Waals surface area contributed by atoms with Gasteiger partial charge in [0.05, 0.1) is 7.11 Å². The number of hydrogen-bond acceptors (Lipinski definition) is 6. The standard InChI is InChI=1S/C13H21N5O/c1-5-8-17(9-6-2)12-14-11-15-13(16-12)18(19-4)10-7-3/h3,11H,5-6,8-10H2,1-2,4H3. The van der Waals surface area contributed by atoms with E-state index >= 15 is 0 Å². The molecule has 0 amide bonds. The molecular weight excluding hydrogens is 242 g/mol. The minimum Gasteiger partial charge on any atom is -0.341 e. The summed E-state index contributed by atoms with van der Waals surface area (Å²) in [5, 5.41) is 1.46. The second kappa shape index (κ2) is 8.27. The fourth-order valence-electron chi connectivity index (χ4n) is 1.70. The quantitative estimate of drug-likeness (QED) is 0.523. The molecule has 0 bridgehead atoms. The zero-order valence-electron chi connectivity index (χ0n) is 11.8. The molecule has 6 heteroatoms. The summed E-state index contributed by atoms with van der Waals surface area (Å²) in [4.78, 5) is 20.0. The summed E-state index contributed by atoms with van der Waals surface area (Å²) in [6.45, 7) is 6.38. The van der Waals surface area contributed by atoms with Crippen molar-refractivity contribution in [1.29, 1.82) is 0 Å². The van der Waals surface area contributed by atoms with Gasteiger partial charge in [0, 0.05) is 13.1 Å². The van der Waals surface area contributed by atoms with Gasteiger partial charge in [0.1, 0.15) is 12.9 Å². The van der Waals surface area contributed by atoms with E-state index in [9.17, 15) is 0 Å². The maximum absolute atomic E-state index is 5.28. The number of aromatic nitrogens is 3. The highest BCUT2D eigenvalue weighted by Gasteiger charge is 2.13. The van der Waals surface area contributed by atoms with Gasteiger partial charge < -0.3 is 4.90 Å². The van der Waals surface area contributed by atoms with E-state index in [0.29, 0.717) is 18.4 Å². The van der Waals surface area contributed by atoms with Gasteiger partial charge in [0.15, 0.2) is 0 Å². The molecule has 0 saturated carbocycles. The van der Waals surface area contributed by atoms with E-state index in [-0.39, 0.29) is 0 Å². The molecule has 104 valence electrons. The normalized spacial score (nSPS) is 10.0. The Morgan fingerprint density at radius 3 is 2.37 bits per heavy atom. The maximum Gasteiger partial charge on any atom is 0.255 e. The minimum absolute atomic E-state index is 0.293. The molecule has 1 heterocycles. The number of terminal acetylenes is 1. The highest BCUT2D eigenvalue weighted by Crippen LogP contribution is 2.12. The van der Waals surface area contributed by atoms with E-state index in [1.165, 1.54) is 18.5 Å². The molecule has 0 N–H and O–H groups in total. The van der Waals surface area contributed by atoms with Crippen LogP contribution in [0.1, 0.15) is 26.7 Å². The Bertz CT molecular complexity index is 412. The first kappa shape index (κ1) is 15.2. The van der Waals surface area contributed by atoms with Crippen molar-refractivity contribution >= 4 is 11.9 Å². The largest absolute Gasteiger partial charge is 0.341 e. The van der Waals surface area contributed by atoms with Crippen LogP contribution in [0.15, 0.2) is 6.33 Å². The molecular formula is C13H21N5O. The zero-order chi connectivity index (χ0) is 14.1. The first-order valence-corrected chi connectivity index (χ1v) is 6.45. The van der Waals surface area contributed by atoms with Crippen LogP contribution in [-0.2, 0) is 4.84 Å². The smallest absolute Gasteiger partial charge is 0.255 e. The van der Waals surface area contributed by atoms with Crippen LogP contribution in [0.5, 0.6) is 0 Å². The van der Waals surface area contributed by atoms with Crippen LogP contribution in [-0.4, -0.2) is 41.7 Å². The molecule has 0 saturated heterocycles. The molecule has 6 nitrogen and oxygen atoms in total. The monoisotopic (exact) mass is 263 g/mol. The Labute approximate surface area is 114 Å². The van der Waals surface area contributed by atoms with E-state index in [4.69, 9.17) is 11.3 Å². The molecule has 0 aliphatic heterocycles. The highest BCUT2D eigenvalue weighted by molar-refractivity contribution is 5.36. The van der Waals surface area contributed by atoms with Crippen LogP contribution in [0.2, 0.25) is 0 Å². The van der Waals surface area contributed by atoms with Crippen LogP contribution in [0, 0.1) is 12.3 Å². The van der Waals surface area contributed by atoms with Crippen molar-refractivity contribution in [2.75, 3.05) is 36.7 Å². The van der Waals surface area contributed by atoms with Gasteiger partial charge in [0.25, 0.3) is 5.95 Å². The van der Waals surface area contributed by atoms with Crippen LogP contribution in [0.25, 0.3) is 0 Å². The lowest BCUT2D eigenvalue weighted by molar-refractivity contribution is 0.171. The lowest BCUT2D eigenvalue weighted by atomic mass is 10.4. The average Bonchev–Trinajstić information content (AvgIpc) is 2.44. The Balaban J connectivity index is 2.93. The van der Waals surface area contributed by atoms with E-state index in [1.54, 1.807) is 0 Å². The second-order valence-corrected chi connectivity index (χ2v) is 4.00. The van der Waals surface area contributed by atoms with Crippen LogP contribution >= 0.6 is 0 Å². The topological polar surface area (TPSA) is 54.4 Å². The van der Waals surface area contributed by atoms with Gasteiger partial charge in [-0.15, -0.1) is 6.42 Å². The summed E-state index contributed by atoms with van der Waals surface area (Å²) in [5.74, 6) is 3.60. The van der Waals surface area contributed by atoms with Crippen LogP contribution in [0.3, 0.4) is 0 Å². The molecule has 1 aromatic heterocycles. The van der Waals surface area contributed by atoms with Crippen molar-refractivity contribution in [2.24, 2.45) is 0 Å². The van der Waals surface area contributed by atoms with Crippen molar-refractivity contribution in [1.82, 2.24) is 15.0 Å². The van der Waals surface area contributed by atoms with Gasteiger partial charge in [-0.25, -0.2) is 10.0 Å². The number of nitrogens with zero attached hydrogens (tertiary/aromatic N) is 5. The fourth-order valence-corrected chi connectivity index (χ4v) is 1.70. The molecule has 0 aliphatic rings. The van der Waals surface area contributed by atoms with Crippen molar-refractivity contribution < 1.29 is 4.84 Å². The Morgan fingerprint density at radius 2 is 1.84 bits per heavy atom. The first-order valence-electron chi connectivity index (χ1n) is 6.45. The predicted molar refractivity (Wildman–Crippen MR) is 75.8 cm³/mol. The van der Waals surface area contributed by atoms with Crippen molar-refractivity contribution in [3.63, 3.8) is 0 Å². The number of anilines is 2. The van der Waals surface area contributed by atoms with E-state index < -0.39 is 0 Å². The summed E-state index contributed by atoms with van der Waals surface area (Å²) in [7, 11) is 1.54. The van der Waals surface area contributed by atoms with Gasteiger partial charge >= 0.3 is 0 Å². The number of hydrogen-bond donors (Lipinski definition) is 0. The lowest BCUT2D eigenvalue weighted by Crippen LogP contribution is -2.29. The SMILES string of the molecule is C#CCN(OC)c1ncnc(N(CCC)CCC)n1. The maximum atomic E-state index is 5.28. The summed E-state index contributed by atoms with van der Waals surface area (Å²) in [6, 6.07) is 0. The molecule has 1 aromatic rings. The molecule has 0 aromatic carbocycles. The third-order valence-electron chi connectivity index (χ3n) is 2.49. The van der Waals surface area contributed by atoms with E-state index in [2.05, 4.69) is 39.6 Å². The third-order valence-corrected chi connectivity index (χ3v) is 2.49. The van der Waals surface area contributed by atoms with Gasteiger partial charge in [-0.05, 0) is 12.8 Å². The fraction of sp³-hybridized carbons (Fsp3) is 0.615. The summed E-state index contributed by atoms with van der Waals surface area (Å²) >= 11 is 0. The van der Waals surface area contributed by atoms with E-state index in [0.717, 1.165) is 25.9 Å². The number of rotatable bonds is 8. The molecule has 0 aliphatic carbocycles. The first-order chi connectivity index (χ1) is 9.26. The molecule has 0 spiro atoms. The third kappa shape index (κ3) is 4.38. The molecule has 1 rings (SSSR count). The summed E-state index contributed by atoms with van der Waals surface area (Å²) in [6.07, 6.45) is 8.85. The Morgan fingerprint density at radius 1 is 1.21 bits per heavy atom. The van der Waals surface area contributed by atoms with Gasteiger partial charge in [-0.3, -0.25) is 4.84 Å². The zero-order valence-corrected chi connectivity index (χ0v) is 11.8. The van der Waals surface area contributed by atoms with Crippen molar-refractivity contribution in [2.45, 2.75) is 26.7 Å². The summed E-state index contributed by atoms with van der Waals surface area (Å²) in [5.41, 5.74) is 0. The summed E-state index contributed by atoms with van der Waals surface area (Å²) < 4.78 is 0. The Kier molecular flexibility index (Phi) is 6.61. The van der Waals surface area contributed by atoms with Gasteiger partial charge in [-0.1, -0.05) is 19.8 Å². The van der Waals surface area contributed by atoms with E-state index in [1.807, 2.05) is 0 Å². The molecule has 0 atom stereocenters. The van der Waals surface area contributed by atoms with Crippen molar-refractivity contribution in [3.05, 3.63) is 6.33 Å². The predicted octanol–water partition coefficient (Wildman–Crippen LogP) is 1.50. The highest BCUT2D eigenvalue weighted by atomic mass is 16.7. The molecule has 0 fully saturated rings. The minimum atomic E-state index is 0.293. The van der Waals surface area contributed by atoms with Gasteiger partial charge in [-0.2, -0.15) is 9.97 Å². The average molecular weight is 263 g/mol. The Hall–Kier alpha value is -1.87. The van der Waals surface area contributed by atoms with Crippen LogP contribution < -0.4 is 9.96 Å². The number of hydroxylamine groups is 1. The molecule has 0 unspecified atom stereocenters. The molecule has 19 heavy (non-hydrogen) atoms. The lowest BCUT2D eigenvalue weighted by Gasteiger charge is -2.23. The second-order valence-electron chi connectivity index (χ2n) is 4.00. The van der Waals surface area contributed by atoms with Crippen molar-refractivity contribution in [3.8, 4) is 12.3 Å².